The molecule has 0 atom stereocenters. The van der Waals surface area contributed by atoms with Crippen molar-refractivity contribution >= 4 is 0 Å². The van der Waals surface area contributed by atoms with Gasteiger partial charge in [-0.15, -0.1) is 0 Å². The molecule has 20 heavy (non-hydrogen) atoms. The summed E-state index contributed by atoms with van der Waals surface area (Å²) in [4.78, 5) is 4.23. The Morgan fingerprint density at radius 1 is 1.30 bits per heavy atom. The summed E-state index contributed by atoms with van der Waals surface area (Å²) in [6.07, 6.45) is 0. The molecule has 0 radical (unpaired) electrons. The Morgan fingerprint density at radius 3 is 2.70 bits per heavy atom. The molecule has 1 N–H and O–H groups in total. The fourth-order valence-electron chi connectivity index (χ4n) is 1.63. The molecule has 0 aliphatic carbocycles. The van der Waals surface area contributed by atoms with E-state index in [-0.39, 0.29) is 19.1 Å². The van der Waals surface area contributed by atoms with E-state index in [1.165, 1.54) is 0 Å². The van der Waals surface area contributed by atoms with Gasteiger partial charge in [-0.25, -0.2) is 0 Å². The lowest BCUT2D eigenvalue weighted by molar-refractivity contribution is 0.232. The molecule has 0 aliphatic rings. The van der Waals surface area contributed by atoms with Crippen LogP contribution in [0.4, 0.5) is 0 Å². The van der Waals surface area contributed by atoms with Crippen molar-refractivity contribution in [3.05, 3.63) is 35.5 Å². The molecule has 0 fully saturated rings. The smallest absolute Gasteiger partial charge is 0.264 e. The summed E-state index contributed by atoms with van der Waals surface area (Å²) in [6.45, 7) is 4.12. The summed E-state index contributed by atoms with van der Waals surface area (Å²) >= 11 is 0. The molecule has 0 aliphatic heterocycles. The molecular weight excluding hydrogens is 260 g/mol. The Morgan fingerprint density at radius 2 is 2.10 bits per heavy atom. The molecule has 0 saturated heterocycles. The van der Waals surface area contributed by atoms with E-state index in [2.05, 4.69) is 10.1 Å². The molecule has 0 spiro atoms. The first kappa shape index (κ1) is 14.3. The first-order chi connectivity index (χ1) is 9.63. The Bertz CT molecular complexity index is 566. The van der Waals surface area contributed by atoms with Crippen LogP contribution < -0.4 is 9.47 Å². The highest BCUT2D eigenvalue weighted by molar-refractivity contribution is 5.42. The van der Waals surface area contributed by atoms with Crippen LogP contribution in [0.1, 0.15) is 37.0 Å². The van der Waals surface area contributed by atoms with Gasteiger partial charge in [-0.05, 0) is 17.7 Å². The highest BCUT2D eigenvalue weighted by Crippen LogP contribution is 2.28. The molecule has 1 heterocycles. The summed E-state index contributed by atoms with van der Waals surface area (Å²) in [6, 6.07) is 5.23. The Kier molecular flexibility index (Phi) is 4.57. The normalized spacial score (nSPS) is 10.8. The fourth-order valence-corrected chi connectivity index (χ4v) is 1.63. The zero-order valence-corrected chi connectivity index (χ0v) is 11.8. The molecule has 6 nitrogen and oxygen atoms in total. The fraction of sp³-hybridized carbons (Fsp3) is 0.429. The van der Waals surface area contributed by atoms with E-state index < -0.39 is 0 Å². The van der Waals surface area contributed by atoms with Crippen LogP contribution in [-0.2, 0) is 13.2 Å². The lowest BCUT2D eigenvalue weighted by atomic mass is 10.2. The third-order valence-electron chi connectivity index (χ3n) is 2.76. The Balaban J connectivity index is 2.06. The van der Waals surface area contributed by atoms with E-state index in [1.54, 1.807) is 25.3 Å². The molecule has 6 heteroatoms. The van der Waals surface area contributed by atoms with Gasteiger partial charge in [0.1, 0.15) is 0 Å². The molecule has 2 aromatic rings. The van der Waals surface area contributed by atoms with Gasteiger partial charge in [0.15, 0.2) is 23.9 Å². The molecule has 0 saturated carbocycles. The number of aliphatic hydroxyl groups excluding tert-OH is 1. The van der Waals surface area contributed by atoms with Gasteiger partial charge in [0.2, 0.25) is 0 Å². The van der Waals surface area contributed by atoms with Gasteiger partial charge in [0, 0.05) is 5.92 Å². The van der Waals surface area contributed by atoms with Gasteiger partial charge in [-0.2, -0.15) is 4.98 Å². The number of rotatable bonds is 6. The molecule has 1 aromatic heterocycles. The summed E-state index contributed by atoms with van der Waals surface area (Å²) in [5.74, 6) is 2.41. The zero-order chi connectivity index (χ0) is 14.5. The second kappa shape index (κ2) is 6.38. The van der Waals surface area contributed by atoms with Gasteiger partial charge >= 0.3 is 0 Å². The van der Waals surface area contributed by atoms with E-state index >= 15 is 0 Å². The minimum absolute atomic E-state index is 0.0436. The number of nitrogens with zero attached hydrogens (tertiary/aromatic N) is 2. The summed E-state index contributed by atoms with van der Waals surface area (Å²) in [5, 5.41) is 12.9. The van der Waals surface area contributed by atoms with Crippen molar-refractivity contribution in [1.29, 1.82) is 0 Å². The third-order valence-corrected chi connectivity index (χ3v) is 2.76. The average molecular weight is 278 g/mol. The first-order valence-electron chi connectivity index (χ1n) is 6.37. The van der Waals surface area contributed by atoms with Gasteiger partial charge in [-0.1, -0.05) is 25.1 Å². The number of hydrogen-bond acceptors (Lipinski definition) is 6. The molecule has 2 rings (SSSR count). The number of ether oxygens (including phenoxy) is 2. The van der Waals surface area contributed by atoms with Gasteiger partial charge < -0.3 is 19.1 Å². The molecule has 1 aromatic carbocycles. The lowest BCUT2D eigenvalue weighted by Crippen LogP contribution is -1.99. The van der Waals surface area contributed by atoms with Crippen molar-refractivity contribution in [3.8, 4) is 11.5 Å². The second-order valence-corrected chi connectivity index (χ2v) is 4.63. The minimum atomic E-state index is -0.0436. The number of aromatic nitrogens is 2. The highest BCUT2D eigenvalue weighted by Gasteiger charge is 2.11. The summed E-state index contributed by atoms with van der Waals surface area (Å²) in [7, 11) is 1.55. The van der Waals surface area contributed by atoms with Crippen LogP contribution in [0, 0.1) is 0 Å². The number of aliphatic hydroxyl groups is 1. The maximum absolute atomic E-state index is 9.08. The van der Waals surface area contributed by atoms with Crippen LogP contribution in [0.3, 0.4) is 0 Å². The molecular formula is C14H18N2O4. The Labute approximate surface area is 117 Å². The van der Waals surface area contributed by atoms with Gasteiger partial charge in [-0.3, -0.25) is 0 Å². The van der Waals surface area contributed by atoms with E-state index in [9.17, 15) is 0 Å². The highest BCUT2D eigenvalue weighted by atomic mass is 16.5. The number of methoxy groups -OCH3 is 1. The Hall–Kier alpha value is -2.08. The SMILES string of the molecule is COc1cc(CO)ccc1OCc1nc(C(C)C)no1. The van der Waals surface area contributed by atoms with Crippen molar-refractivity contribution in [1.82, 2.24) is 10.1 Å². The number of benzene rings is 1. The molecule has 0 bridgehead atoms. The largest absolute Gasteiger partial charge is 0.493 e. The van der Waals surface area contributed by atoms with Crippen molar-refractivity contribution in [3.63, 3.8) is 0 Å². The minimum Gasteiger partial charge on any atom is -0.493 e. The van der Waals surface area contributed by atoms with Crippen LogP contribution in [-0.4, -0.2) is 22.4 Å². The van der Waals surface area contributed by atoms with Crippen molar-refractivity contribution in [2.24, 2.45) is 0 Å². The maximum Gasteiger partial charge on any atom is 0.264 e. The predicted molar refractivity (Wildman–Crippen MR) is 71.6 cm³/mol. The molecule has 0 unspecified atom stereocenters. The molecule has 108 valence electrons. The maximum atomic E-state index is 9.08. The standard InChI is InChI=1S/C14H18N2O4/c1-9(2)14-15-13(20-16-14)8-19-11-5-4-10(7-17)6-12(11)18-3/h4-6,9,17H,7-8H2,1-3H3. The van der Waals surface area contributed by atoms with E-state index in [0.717, 1.165) is 5.56 Å². The topological polar surface area (TPSA) is 77.6 Å². The van der Waals surface area contributed by atoms with Gasteiger partial charge in [0.25, 0.3) is 5.89 Å². The van der Waals surface area contributed by atoms with Crippen LogP contribution in [0.5, 0.6) is 11.5 Å². The van der Waals surface area contributed by atoms with Crippen molar-refractivity contribution < 1.29 is 19.1 Å². The number of hydrogen-bond donors (Lipinski definition) is 1. The lowest BCUT2D eigenvalue weighted by Gasteiger charge is -2.10. The summed E-state index contributed by atoms with van der Waals surface area (Å²) in [5.41, 5.74) is 0.758. The van der Waals surface area contributed by atoms with Crippen LogP contribution >= 0.6 is 0 Å². The zero-order valence-electron chi connectivity index (χ0n) is 11.8. The summed E-state index contributed by atoms with van der Waals surface area (Å²) < 4.78 is 15.9. The van der Waals surface area contributed by atoms with E-state index in [4.69, 9.17) is 19.1 Å². The van der Waals surface area contributed by atoms with Crippen LogP contribution in [0.2, 0.25) is 0 Å². The van der Waals surface area contributed by atoms with Crippen LogP contribution in [0.15, 0.2) is 22.7 Å². The van der Waals surface area contributed by atoms with Crippen molar-refractivity contribution in [2.75, 3.05) is 7.11 Å². The quantitative estimate of drug-likeness (QED) is 0.873. The van der Waals surface area contributed by atoms with Crippen molar-refractivity contribution in [2.45, 2.75) is 33.0 Å². The molecule has 0 amide bonds. The third kappa shape index (κ3) is 3.27. The monoisotopic (exact) mass is 278 g/mol. The predicted octanol–water partition coefficient (Wildman–Crippen LogP) is 2.27. The van der Waals surface area contributed by atoms with E-state index in [0.29, 0.717) is 23.2 Å². The second-order valence-electron chi connectivity index (χ2n) is 4.63. The first-order valence-corrected chi connectivity index (χ1v) is 6.37. The average Bonchev–Trinajstić information content (AvgIpc) is 2.94. The van der Waals surface area contributed by atoms with Gasteiger partial charge in [0.05, 0.1) is 13.7 Å². The van der Waals surface area contributed by atoms with Crippen LogP contribution in [0.25, 0.3) is 0 Å². The van der Waals surface area contributed by atoms with E-state index in [1.807, 2.05) is 13.8 Å².